The van der Waals surface area contributed by atoms with Crippen molar-refractivity contribution >= 4 is 34.6 Å². The third-order valence-electron chi connectivity index (χ3n) is 3.76. The molecule has 14 heteroatoms. The molecule has 166 valence electrons. The smallest absolute Gasteiger partial charge is 0.404 e. The zero-order valence-corrected chi connectivity index (χ0v) is 16.4. The number of rotatable bonds is 5. The highest BCUT2D eigenvalue weighted by Crippen LogP contribution is 2.28. The maximum Gasteiger partial charge on any atom is 0.434 e. The van der Waals surface area contributed by atoms with Crippen LogP contribution in [-0.2, 0) is 4.79 Å². The molecular formula is C18H11ClF5N7O. The molecule has 2 aromatic heterocycles. The van der Waals surface area contributed by atoms with Crippen molar-refractivity contribution < 1.29 is 26.7 Å². The van der Waals surface area contributed by atoms with Gasteiger partial charge in [0.15, 0.2) is 17.3 Å². The number of carbonyl (C=O) groups excluding carboxylic acids is 1. The number of pyridine rings is 1. The number of benzene rings is 1. The Balaban J connectivity index is 1.92. The second-order valence-electron chi connectivity index (χ2n) is 5.94. The molecule has 0 bridgehead atoms. The summed E-state index contributed by atoms with van der Waals surface area (Å²) in [6.07, 6.45) is -1.00. The van der Waals surface area contributed by atoms with Gasteiger partial charge in [-0.2, -0.15) is 23.4 Å². The number of nitrogens with zero attached hydrogens (tertiary/aromatic N) is 5. The highest BCUT2D eigenvalue weighted by Gasteiger charge is 2.41. The lowest BCUT2D eigenvalue weighted by molar-refractivity contribution is -0.113. The molecule has 0 aliphatic rings. The van der Waals surface area contributed by atoms with Crippen LogP contribution in [0.4, 0.5) is 33.3 Å². The highest BCUT2D eigenvalue weighted by molar-refractivity contribution is 6.32. The van der Waals surface area contributed by atoms with Crippen LogP contribution < -0.4 is 11.1 Å². The normalized spacial score (nSPS) is 12.7. The first kappa shape index (κ1) is 22.8. The lowest BCUT2D eigenvalue weighted by Crippen LogP contribution is -2.32. The van der Waals surface area contributed by atoms with Crippen molar-refractivity contribution in [3.63, 3.8) is 0 Å². The van der Waals surface area contributed by atoms with E-state index in [2.05, 4.69) is 25.5 Å². The van der Waals surface area contributed by atoms with E-state index in [-0.39, 0.29) is 16.5 Å². The molecule has 0 saturated carbocycles. The number of carbonyl (C=O) groups is 1. The van der Waals surface area contributed by atoms with Crippen molar-refractivity contribution in [3.05, 3.63) is 71.3 Å². The summed E-state index contributed by atoms with van der Waals surface area (Å²) in [5.41, 5.74) is 1.41. The van der Waals surface area contributed by atoms with E-state index >= 15 is 0 Å². The van der Waals surface area contributed by atoms with E-state index in [0.29, 0.717) is 24.4 Å². The van der Waals surface area contributed by atoms with Gasteiger partial charge in [-0.1, -0.05) is 11.6 Å². The van der Waals surface area contributed by atoms with E-state index < -0.39 is 40.7 Å². The van der Waals surface area contributed by atoms with Gasteiger partial charge in [0.1, 0.15) is 5.82 Å². The van der Waals surface area contributed by atoms with Crippen molar-refractivity contribution in [1.82, 2.24) is 20.0 Å². The topological polar surface area (TPSA) is 111 Å². The molecule has 1 amide bonds. The van der Waals surface area contributed by atoms with Crippen LogP contribution in [0.3, 0.4) is 0 Å². The van der Waals surface area contributed by atoms with Crippen molar-refractivity contribution in [1.29, 1.82) is 0 Å². The average Bonchev–Trinajstić information content (AvgIpc) is 3.23. The van der Waals surface area contributed by atoms with Gasteiger partial charge in [0.2, 0.25) is 0 Å². The number of hydrogen-bond acceptors (Lipinski definition) is 6. The monoisotopic (exact) mass is 471 g/mol. The Morgan fingerprint density at radius 3 is 2.44 bits per heavy atom. The second kappa shape index (κ2) is 9.09. The summed E-state index contributed by atoms with van der Waals surface area (Å²) in [6.45, 7) is 0. The van der Waals surface area contributed by atoms with Crippen LogP contribution in [0.5, 0.6) is 0 Å². The van der Waals surface area contributed by atoms with Crippen molar-refractivity contribution in [3.8, 4) is 5.82 Å². The molecule has 3 aromatic rings. The minimum absolute atomic E-state index is 0.0182. The lowest BCUT2D eigenvalue weighted by Gasteiger charge is -2.14. The Bertz CT molecular complexity index is 1210. The molecule has 0 saturated heterocycles. The number of halogens is 6. The number of anilines is 1. The summed E-state index contributed by atoms with van der Waals surface area (Å²) < 4.78 is 67.6. The Morgan fingerprint density at radius 1 is 1.19 bits per heavy atom. The summed E-state index contributed by atoms with van der Waals surface area (Å²) in [5.74, 6) is -3.59. The maximum atomic E-state index is 13.8. The Hall–Kier alpha value is -3.87. The summed E-state index contributed by atoms with van der Waals surface area (Å²) in [6, 6.07) is 2.95. The zero-order valence-electron chi connectivity index (χ0n) is 15.6. The van der Waals surface area contributed by atoms with E-state index in [1.807, 2.05) is 0 Å². The first-order valence-corrected chi connectivity index (χ1v) is 8.84. The van der Waals surface area contributed by atoms with Crippen LogP contribution in [0.15, 0.2) is 59.6 Å². The van der Waals surface area contributed by atoms with Gasteiger partial charge in [-0.3, -0.25) is 4.79 Å². The number of hydrogen-bond donors (Lipinski definition) is 2. The second-order valence-corrected chi connectivity index (χ2v) is 6.34. The van der Waals surface area contributed by atoms with Gasteiger partial charge in [-0.25, -0.2) is 18.8 Å². The number of aliphatic imine (C=N–C) groups is 1. The van der Waals surface area contributed by atoms with E-state index in [0.717, 1.165) is 11.0 Å². The first-order chi connectivity index (χ1) is 15.1. The Kier molecular flexibility index (Phi) is 6.48. The molecule has 8 nitrogen and oxygen atoms in total. The van der Waals surface area contributed by atoms with Crippen LogP contribution in [0.1, 0.15) is 0 Å². The molecule has 0 fully saturated rings. The van der Waals surface area contributed by atoms with Gasteiger partial charge >= 0.3 is 6.18 Å². The SMILES string of the molecule is N/C=C(/C(=O)Nc1cnc(-n2nccn2)c(Cl)c1)C(=Nc1ccc(F)cc1F)C(F)(F)F. The van der Waals surface area contributed by atoms with Crippen LogP contribution in [0, 0.1) is 11.6 Å². The third-order valence-corrected chi connectivity index (χ3v) is 4.04. The van der Waals surface area contributed by atoms with E-state index in [9.17, 15) is 26.7 Å². The summed E-state index contributed by atoms with van der Waals surface area (Å²) in [7, 11) is 0. The number of nitrogens with two attached hydrogens (primary N) is 1. The highest BCUT2D eigenvalue weighted by atomic mass is 35.5. The molecule has 0 radical (unpaired) electrons. The lowest BCUT2D eigenvalue weighted by atomic mass is 10.1. The minimum atomic E-state index is -5.20. The van der Waals surface area contributed by atoms with Crippen LogP contribution in [0.2, 0.25) is 5.02 Å². The fourth-order valence-electron chi connectivity index (χ4n) is 2.40. The van der Waals surface area contributed by atoms with E-state index in [1.54, 1.807) is 0 Å². The maximum absolute atomic E-state index is 13.8. The first-order valence-electron chi connectivity index (χ1n) is 8.47. The predicted molar refractivity (Wildman–Crippen MR) is 105 cm³/mol. The van der Waals surface area contributed by atoms with Crippen LogP contribution in [-0.4, -0.2) is 37.8 Å². The molecule has 0 unspecified atom stereocenters. The molecular weight excluding hydrogens is 461 g/mol. The fraction of sp³-hybridized carbons (Fsp3) is 0.0556. The van der Waals surface area contributed by atoms with Gasteiger partial charge < -0.3 is 11.1 Å². The predicted octanol–water partition coefficient (Wildman–Crippen LogP) is 3.71. The summed E-state index contributed by atoms with van der Waals surface area (Å²) in [4.78, 5) is 20.7. The number of aromatic nitrogens is 4. The van der Waals surface area contributed by atoms with Crippen molar-refractivity contribution in [2.75, 3.05) is 5.32 Å². The number of amides is 1. The number of nitrogens with one attached hydrogen (secondary N) is 1. The van der Waals surface area contributed by atoms with E-state index in [4.69, 9.17) is 17.3 Å². The molecule has 2 heterocycles. The zero-order chi connectivity index (χ0) is 23.5. The van der Waals surface area contributed by atoms with Crippen molar-refractivity contribution in [2.24, 2.45) is 10.7 Å². The largest absolute Gasteiger partial charge is 0.434 e. The standard InChI is InChI=1S/C18H11ClF5N7O/c19-12-6-10(8-26-16(12)31-27-3-4-28-31)29-17(32)11(7-25)15(18(22,23)24)30-14-2-1-9(20)5-13(14)21/h1-8H,25H2,(H,29,32)/b11-7+,30-15?. The molecule has 1 aromatic carbocycles. The molecule has 3 rings (SSSR count). The fourth-order valence-corrected chi connectivity index (χ4v) is 2.64. The van der Waals surface area contributed by atoms with Gasteiger partial charge in [0, 0.05) is 12.3 Å². The molecule has 0 atom stereocenters. The van der Waals surface area contributed by atoms with Gasteiger partial charge in [-0.15, -0.1) is 4.80 Å². The van der Waals surface area contributed by atoms with Crippen molar-refractivity contribution in [2.45, 2.75) is 6.18 Å². The summed E-state index contributed by atoms with van der Waals surface area (Å²) >= 11 is 6.06. The van der Waals surface area contributed by atoms with Gasteiger partial charge in [0.05, 0.1) is 40.6 Å². The molecule has 32 heavy (non-hydrogen) atoms. The number of alkyl halides is 3. The summed E-state index contributed by atoms with van der Waals surface area (Å²) in [5, 5.41) is 9.80. The quantitative estimate of drug-likeness (QED) is 0.335. The van der Waals surface area contributed by atoms with Crippen LogP contribution in [0.25, 0.3) is 5.82 Å². The van der Waals surface area contributed by atoms with E-state index in [1.165, 1.54) is 18.5 Å². The average molecular weight is 472 g/mol. The molecule has 0 aliphatic heterocycles. The minimum Gasteiger partial charge on any atom is -0.404 e. The van der Waals surface area contributed by atoms with Crippen LogP contribution >= 0.6 is 11.6 Å². The van der Waals surface area contributed by atoms with Gasteiger partial charge in [0.25, 0.3) is 5.91 Å². The molecule has 0 aliphatic carbocycles. The van der Waals surface area contributed by atoms with Gasteiger partial charge in [-0.05, 0) is 18.2 Å². The molecule has 0 spiro atoms. The third kappa shape index (κ3) is 5.06. The molecule has 3 N–H and O–H groups in total. The Morgan fingerprint density at radius 2 is 1.88 bits per heavy atom. The Labute approximate surface area is 181 Å².